The SMILES string of the molecule is CCOC(C)(C)C(=O)N1CC[C@H](Cc2ccc(CO)cc2)C1. The van der Waals surface area contributed by atoms with Crippen LogP contribution in [0.25, 0.3) is 0 Å². The molecular formula is C18H27NO3. The standard InChI is InChI=1S/C18H27NO3/c1-4-22-18(2,3)17(21)19-10-9-16(12-19)11-14-5-7-15(13-20)8-6-14/h5-8,16,20H,4,9-13H2,1-3H3/t16-/m1/s1. The summed E-state index contributed by atoms with van der Waals surface area (Å²) in [6.45, 7) is 7.86. The zero-order valence-electron chi connectivity index (χ0n) is 13.8. The van der Waals surface area contributed by atoms with Gasteiger partial charge in [0.05, 0.1) is 6.61 Å². The van der Waals surface area contributed by atoms with Gasteiger partial charge >= 0.3 is 0 Å². The van der Waals surface area contributed by atoms with E-state index in [1.54, 1.807) is 0 Å². The molecule has 0 unspecified atom stereocenters. The number of ether oxygens (including phenoxy) is 1. The fourth-order valence-corrected chi connectivity index (χ4v) is 3.10. The largest absolute Gasteiger partial charge is 0.392 e. The number of carbonyl (C=O) groups excluding carboxylic acids is 1. The summed E-state index contributed by atoms with van der Waals surface area (Å²) < 4.78 is 5.57. The minimum absolute atomic E-state index is 0.0818. The molecule has 1 fully saturated rings. The molecule has 1 aliphatic rings. The third kappa shape index (κ3) is 4.08. The smallest absolute Gasteiger partial charge is 0.254 e. The molecule has 1 aromatic carbocycles. The first-order chi connectivity index (χ1) is 10.5. The summed E-state index contributed by atoms with van der Waals surface area (Å²) in [6.07, 6.45) is 2.01. The maximum Gasteiger partial charge on any atom is 0.254 e. The Morgan fingerprint density at radius 2 is 1.95 bits per heavy atom. The maximum absolute atomic E-state index is 12.5. The highest BCUT2D eigenvalue weighted by atomic mass is 16.5. The first-order valence-electron chi connectivity index (χ1n) is 8.08. The minimum atomic E-state index is -0.730. The van der Waals surface area contributed by atoms with Gasteiger partial charge in [0, 0.05) is 19.7 Å². The quantitative estimate of drug-likeness (QED) is 0.878. The average Bonchev–Trinajstić information content (AvgIpc) is 2.95. The Kier molecular flexibility index (Phi) is 5.59. The van der Waals surface area contributed by atoms with Crippen molar-refractivity contribution in [3.8, 4) is 0 Å². The molecule has 22 heavy (non-hydrogen) atoms. The molecule has 2 rings (SSSR count). The zero-order chi connectivity index (χ0) is 16.2. The Hall–Kier alpha value is -1.39. The molecule has 0 spiro atoms. The Bertz CT molecular complexity index is 496. The third-order valence-corrected chi connectivity index (χ3v) is 4.32. The van der Waals surface area contributed by atoms with E-state index in [0.717, 1.165) is 31.5 Å². The van der Waals surface area contributed by atoms with Crippen LogP contribution in [0.15, 0.2) is 24.3 Å². The lowest BCUT2D eigenvalue weighted by molar-refractivity contribution is -0.152. The van der Waals surface area contributed by atoms with E-state index >= 15 is 0 Å². The van der Waals surface area contributed by atoms with Crippen molar-refractivity contribution in [3.05, 3.63) is 35.4 Å². The Morgan fingerprint density at radius 3 is 2.55 bits per heavy atom. The highest BCUT2D eigenvalue weighted by Gasteiger charge is 2.36. The van der Waals surface area contributed by atoms with Gasteiger partial charge in [0.15, 0.2) is 0 Å². The summed E-state index contributed by atoms with van der Waals surface area (Å²) in [6, 6.07) is 8.07. The fourth-order valence-electron chi connectivity index (χ4n) is 3.10. The van der Waals surface area contributed by atoms with Crippen LogP contribution in [0.2, 0.25) is 0 Å². The zero-order valence-corrected chi connectivity index (χ0v) is 13.8. The van der Waals surface area contributed by atoms with Crippen molar-refractivity contribution in [3.63, 3.8) is 0 Å². The van der Waals surface area contributed by atoms with Gasteiger partial charge < -0.3 is 14.7 Å². The van der Waals surface area contributed by atoms with Crippen LogP contribution in [0.5, 0.6) is 0 Å². The average molecular weight is 305 g/mol. The summed E-state index contributed by atoms with van der Waals surface area (Å²) in [5.74, 6) is 0.592. The molecule has 0 bridgehead atoms. The molecule has 122 valence electrons. The highest BCUT2D eigenvalue weighted by Crippen LogP contribution is 2.24. The molecule has 1 aliphatic heterocycles. The molecular weight excluding hydrogens is 278 g/mol. The number of hydrogen-bond acceptors (Lipinski definition) is 3. The number of aliphatic hydroxyl groups is 1. The lowest BCUT2D eigenvalue weighted by Gasteiger charge is -2.29. The number of aliphatic hydroxyl groups excluding tert-OH is 1. The van der Waals surface area contributed by atoms with E-state index in [9.17, 15) is 4.79 Å². The van der Waals surface area contributed by atoms with Crippen LogP contribution in [-0.2, 0) is 22.6 Å². The van der Waals surface area contributed by atoms with Crippen LogP contribution in [0.1, 0.15) is 38.3 Å². The van der Waals surface area contributed by atoms with Gasteiger partial charge in [-0.3, -0.25) is 4.79 Å². The first kappa shape index (κ1) is 17.0. The van der Waals surface area contributed by atoms with E-state index in [2.05, 4.69) is 12.1 Å². The molecule has 0 saturated carbocycles. The number of nitrogens with zero attached hydrogens (tertiary/aromatic N) is 1. The normalized spacial score (nSPS) is 18.7. The minimum Gasteiger partial charge on any atom is -0.392 e. The Labute approximate surface area is 133 Å². The maximum atomic E-state index is 12.5. The van der Waals surface area contributed by atoms with Crippen LogP contribution in [0, 0.1) is 5.92 Å². The van der Waals surface area contributed by atoms with E-state index in [0.29, 0.717) is 12.5 Å². The highest BCUT2D eigenvalue weighted by molar-refractivity contribution is 5.84. The molecule has 1 atom stereocenters. The third-order valence-electron chi connectivity index (χ3n) is 4.32. The summed E-state index contributed by atoms with van der Waals surface area (Å²) >= 11 is 0. The molecule has 4 heteroatoms. The number of rotatable bonds is 6. The van der Waals surface area contributed by atoms with Crippen molar-refractivity contribution >= 4 is 5.91 Å². The van der Waals surface area contributed by atoms with E-state index in [1.807, 2.05) is 37.8 Å². The number of carbonyl (C=O) groups is 1. The predicted molar refractivity (Wildman–Crippen MR) is 86.5 cm³/mol. The first-order valence-corrected chi connectivity index (χ1v) is 8.08. The molecule has 1 aromatic rings. The lowest BCUT2D eigenvalue weighted by atomic mass is 9.98. The molecule has 0 radical (unpaired) electrons. The Balaban J connectivity index is 1.90. The van der Waals surface area contributed by atoms with Crippen molar-refractivity contribution < 1.29 is 14.6 Å². The second-order valence-electron chi connectivity index (χ2n) is 6.53. The summed E-state index contributed by atoms with van der Waals surface area (Å²) in [4.78, 5) is 14.4. The number of hydrogen-bond donors (Lipinski definition) is 1. The van der Waals surface area contributed by atoms with Gasteiger partial charge in [0.1, 0.15) is 5.60 Å². The molecule has 0 aliphatic carbocycles. The topological polar surface area (TPSA) is 49.8 Å². The van der Waals surface area contributed by atoms with Crippen molar-refractivity contribution in [2.75, 3.05) is 19.7 Å². The fraction of sp³-hybridized carbons (Fsp3) is 0.611. The summed E-state index contributed by atoms with van der Waals surface area (Å²) in [5, 5.41) is 9.07. The Morgan fingerprint density at radius 1 is 1.32 bits per heavy atom. The molecule has 1 N–H and O–H groups in total. The summed E-state index contributed by atoms with van der Waals surface area (Å²) in [5.41, 5.74) is 1.47. The van der Waals surface area contributed by atoms with E-state index in [4.69, 9.17) is 9.84 Å². The van der Waals surface area contributed by atoms with Crippen LogP contribution in [0.4, 0.5) is 0 Å². The van der Waals surface area contributed by atoms with Crippen LogP contribution in [0.3, 0.4) is 0 Å². The van der Waals surface area contributed by atoms with Crippen LogP contribution >= 0.6 is 0 Å². The van der Waals surface area contributed by atoms with Crippen molar-refractivity contribution in [1.29, 1.82) is 0 Å². The van der Waals surface area contributed by atoms with Gasteiger partial charge in [-0.2, -0.15) is 0 Å². The monoisotopic (exact) mass is 305 g/mol. The second kappa shape index (κ2) is 7.25. The van der Waals surface area contributed by atoms with E-state index in [1.165, 1.54) is 5.56 Å². The van der Waals surface area contributed by atoms with E-state index in [-0.39, 0.29) is 12.5 Å². The number of likely N-dealkylation sites (tertiary alicyclic amines) is 1. The predicted octanol–water partition coefficient (Wildman–Crippen LogP) is 2.39. The molecule has 1 saturated heterocycles. The van der Waals surface area contributed by atoms with Gasteiger partial charge in [-0.25, -0.2) is 0 Å². The van der Waals surface area contributed by atoms with Gasteiger partial charge in [-0.1, -0.05) is 24.3 Å². The number of amides is 1. The van der Waals surface area contributed by atoms with E-state index < -0.39 is 5.60 Å². The van der Waals surface area contributed by atoms with Crippen LogP contribution < -0.4 is 0 Å². The molecule has 1 amide bonds. The van der Waals surface area contributed by atoms with Gasteiger partial charge in [0.25, 0.3) is 5.91 Å². The molecule has 4 nitrogen and oxygen atoms in total. The van der Waals surface area contributed by atoms with Crippen molar-refractivity contribution in [2.45, 2.75) is 45.8 Å². The van der Waals surface area contributed by atoms with Crippen LogP contribution in [-0.4, -0.2) is 41.2 Å². The lowest BCUT2D eigenvalue weighted by Crippen LogP contribution is -2.46. The second-order valence-corrected chi connectivity index (χ2v) is 6.53. The van der Waals surface area contributed by atoms with Crippen molar-refractivity contribution in [1.82, 2.24) is 4.90 Å². The molecule has 1 heterocycles. The van der Waals surface area contributed by atoms with Gasteiger partial charge in [-0.15, -0.1) is 0 Å². The van der Waals surface area contributed by atoms with Gasteiger partial charge in [0.2, 0.25) is 0 Å². The van der Waals surface area contributed by atoms with Gasteiger partial charge in [-0.05, 0) is 50.7 Å². The number of benzene rings is 1. The molecule has 0 aromatic heterocycles. The van der Waals surface area contributed by atoms with Crippen molar-refractivity contribution in [2.24, 2.45) is 5.92 Å². The summed E-state index contributed by atoms with van der Waals surface area (Å²) in [7, 11) is 0.